The highest BCUT2D eigenvalue weighted by Gasteiger charge is 1.97. The lowest BCUT2D eigenvalue weighted by molar-refractivity contribution is -0.137. The van der Waals surface area contributed by atoms with Gasteiger partial charge in [-0.15, -0.1) is 0 Å². The highest BCUT2D eigenvalue weighted by Crippen LogP contribution is 1.79. The maximum absolute atomic E-state index is 10.7. The molecule has 0 amide bonds. The van der Waals surface area contributed by atoms with Crippen LogP contribution in [0.15, 0.2) is 12.2 Å². The number of carboxylic acid groups (broad SMARTS) is 1. The maximum atomic E-state index is 10.7. The average molecular weight is 201 g/mol. The van der Waals surface area contributed by atoms with Crippen molar-refractivity contribution in [3.63, 3.8) is 0 Å². The smallest absolute Gasteiger partial charge is 0.330 e. The molecule has 0 radical (unpaired) electrons. The number of allylic oxidation sites excluding steroid dienone is 1. The maximum Gasteiger partial charge on any atom is 0.330 e. The minimum absolute atomic E-state index is 0.0648. The number of aldehydes is 1. The summed E-state index contributed by atoms with van der Waals surface area (Å²) in [6.07, 6.45) is 2.47. The first-order valence-corrected chi connectivity index (χ1v) is 3.88. The van der Waals surface area contributed by atoms with Crippen LogP contribution in [0.25, 0.3) is 0 Å². The molecule has 0 aromatic rings. The zero-order chi connectivity index (χ0) is 10.8. The van der Waals surface area contributed by atoms with Crippen LogP contribution >= 0.6 is 0 Å². The summed E-state index contributed by atoms with van der Waals surface area (Å²) in [6, 6.07) is 0. The van der Waals surface area contributed by atoms with E-state index in [2.05, 4.69) is 10.1 Å². The zero-order valence-corrected chi connectivity index (χ0v) is 7.43. The summed E-state index contributed by atoms with van der Waals surface area (Å²) in [6.45, 7) is 0.143. The molecule has 0 bridgehead atoms. The first-order valence-electron chi connectivity index (χ1n) is 3.88. The molecular weight excluding hydrogens is 190 g/mol. The van der Waals surface area contributed by atoms with E-state index in [4.69, 9.17) is 5.11 Å². The first kappa shape index (κ1) is 12.3. The quantitative estimate of drug-likeness (QED) is 0.236. The lowest BCUT2D eigenvalue weighted by Gasteiger charge is -2.01. The van der Waals surface area contributed by atoms with Gasteiger partial charge in [0.05, 0.1) is 6.54 Å². The molecule has 14 heavy (non-hydrogen) atoms. The lowest BCUT2D eigenvalue weighted by atomic mass is 10.5. The molecule has 0 saturated heterocycles. The number of carbonyl (C=O) groups excluding carboxylic acids is 2. The van der Waals surface area contributed by atoms with Gasteiger partial charge in [-0.05, 0) is 6.08 Å². The van der Waals surface area contributed by atoms with Gasteiger partial charge in [0, 0.05) is 12.6 Å². The molecule has 0 fully saturated rings. The van der Waals surface area contributed by atoms with E-state index in [-0.39, 0.29) is 19.7 Å². The predicted molar refractivity (Wildman–Crippen MR) is 46.7 cm³/mol. The van der Waals surface area contributed by atoms with E-state index >= 15 is 0 Å². The topological polar surface area (TPSA) is 92.7 Å². The third-order valence-corrected chi connectivity index (χ3v) is 1.11. The second-order valence-corrected chi connectivity index (χ2v) is 2.23. The van der Waals surface area contributed by atoms with Crippen LogP contribution in [0.3, 0.4) is 0 Å². The number of rotatable bonds is 7. The number of hydrogen-bond acceptors (Lipinski definition) is 5. The molecule has 0 aromatic carbocycles. The summed E-state index contributed by atoms with van der Waals surface area (Å²) in [7, 11) is 0. The van der Waals surface area contributed by atoms with Gasteiger partial charge >= 0.3 is 11.9 Å². The van der Waals surface area contributed by atoms with Gasteiger partial charge in [0.15, 0.2) is 0 Å². The van der Waals surface area contributed by atoms with Crippen molar-refractivity contribution in [1.29, 1.82) is 0 Å². The summed E-state index contributed by atoms with van der Waals surface area (Å²) < 4.78 is 4.59. The van der Waals surface area contributed by atoms with Crippen LogP contribution in [-0.4, -0.2) is 43.0 Å². The molecule has 2 N–H and O–H groups in total. The summed E-state index contributed by atoms with van der Waals surface area (Å²) in [5, 5.41) is 10.7. The monoisotopic (exact) mass is 201 g/mol. The Morgan fingerprint density at radius 1 is 1.43 bits per heavy atom. The van der Waals surface area contributed by atoms with Gasteiger partial charge in [0.2, 0.25) is 0 Å². The van der Waals surface area contributed by atoms with Gasteiger partial charge in [-0.25, -0.2) is 4.79 Å². The molecule has 78 valence electrons. The third kappa shape index (κ3) is 8.41. The molecule has 0 aliphatic heterocycles. The van der Waals surface area contributed by atoms with E-state index in [1.54, 1.807) is 0 Å². The Morgan fingerprint density at radius 2 is 2.14 bits per heavy atom. The van der Waals surface area contributed by atoms with E-state index < -0.39 is 11.9 Å². The average Bonchev–Trinajstić information content (AvgIpc) is 2.13. The fourth-order valence-corrected chi connectivity index (χ4v) is 0.585. The van der Waals surface area contributed by atoms with Crippen LogP contribution in [0.4, 0.5) is 0 Å². The van der Waals surface area contributed by atoms with Gasteiger partial charge < -0.3 is 15.2 Å². The van der Waals surface area contributed by atoms with Crippen molar-refractivity contribution in [2.45, 2.75) is 0 Å². The largest absolute Gasteiger partial charge is 0.480 e. The molecular formula is C8H11NO5. The van der Waals surface area contributed by atoms with E-state index in [1.165, 1.54) is 0 Å². The zero-order valence-electron chi connectivity index (χ0n) is 7.43. The Balaban J connectivity index is 3.36. The second kappa shape index (κ2) is 7.93. The van der Waals surface area contributed by atoms with Crippen molar-refractivity contribution in [3.05, 3.63) is 12.2 Å². The van der Waals surface area contributed by atoms with E-state index in [0.29, 0.717) is 6.29 Å². The Bertz CT molecular complexity index is 236. The molecule has 0 unspecified atom stereocenters. The Hall–Kier alpha value is -1.69. The van der Waals surface area contributed by atoms with Crippen molar-refractivity contribution in [2.75, 3.05) is 19.7 Å². The minimum Gasteiger partial charge on any atom is -0.480 e. The summed E-state index contributed by atoms with van der Waals surface area (Å²) in [5.74, 6) is -1.61. The molecule has 0 saturated carbocycles. The van der Waals surface area contributed by atoms with Crippen LogP contribution in [0, 0.1) is 0 Å². The number of aliphatic carboxylic acids is 1. The Morgan fingerprint density at radius 3 is 2.71 bits per heavy atom. The molecule has 0 aromatic heterocycles. The number of carboxylic acids is 1. The van der Waals surface area contributed by atoms with Crippen LogP contribution in [0.1, 0.15) is 0 Å². The molecule has 0 aliphatic carbocycles. The number of ether oxygens (including phenoxy) is 1. The van der Waals surface area contributed by atoms with Crippen molar-refractivity contribution in [2.24, 2.45) is 0 Å². The van der Waals surface area contributed by atoms with Crippen LogP contribution in [0.5, 0.6) is 0 Å². The molecule has 0 spiro atoms. The van der Waals surface area contributed by atoms with Gasteiger partial charge in [-0.2, -0.15) is 0 Å². The standard InChI is InChI=1S/C8H11NO5/c10-4-1-2-8(13)14-5-3-9-6-7(11)12/h1-2,4,9H,3,5-6H2,(H,11,12)/b2-1+. The van der Waals surface area contributed by atoms with Crippen molar-refractivity contribution < 1.29 is 24.2 Å². The third-order valence-electron chi connectivity index (χ3n) is 1.11. The molecule has 6 heteroatoms. The molecule has 0 rings (SSSR count). The van der Waals surface area contributed by atoms with Gasteiger partial charge in [0.1, 0.15) is 12.9 Å². The number of esters is 1. The highest BCUT2D eigenvalue weighted by atomic mass is 16.5. The Kier molecular flexibility index (Phi) is 6.98. The molecule has 0 heterocycles. The van der Waals surface area contributed by atoms with Crippen molar-refractivity contribution >= 4 is 18.2 Å². The fraction of sp³-hybridized carbons (Fsp3) is 0.375. The number of hydrogen-bond donors (Lipinski definition) is 2. The van der Waals surface area contributed by atoms with Crippen LogP contribution < -0.4 is 5.32 Å². The molecule has 0 atom stereocenters. The summed E-state index contributed by atoms with van der Waals surface area (Å²) in [5.41, 5.74) is 0. The van der Waals surface area contributed by atoms with Gasteiger partial charge in [0.25, 0.3) is 0 Å². The number of nitrogens with one attached hydrogen (secondary N) is 1. The minimum atomic E-state index is -0.975. The highest BCUT2D eigenvalue weighted by molar-refractivity contribution is 5.86. The van der Waals surface area contributed by atoms with Crippen LogP contribution in [-0.2, 0) is 19.1 Å². The van der Waals surface area contributed by atoms with Crippen molar-refractivity contribution in [3.8, 4) is 0 Å². The van der Waals surface area contributed by atoms with E-state index in [9.17, 15) is 14.4 Å². The number of carbonyl (C=O) groups is 3. The lowest BCUT2D eigenvalue weighted by Crippen LogP contribution is -2.26. The summed E-state index contributed by atoms with van der Waals surface area (Å²) in [4.78, 5) is 30.5. The SMILES string of the molecule is O=C/C=C/C(=O)OCCNCC(=O)O. The molecule has 6 nitrogen and oxygen atoms in total. The predicted octanol–water partition coefficient (Wildman–Crippen LogP) is -1.04. The van der Waals surface area contributed by atoms with E-state index in [0.717, 1.165) is 12.2 Å². The van der Waals surface area contributed by atoms with Crippen molar-refractivity contribution in [1.82, 2.24) is 5.32 Å². The normalized spacial score (nSPS) is 10.0. The second-order valence-electron chi connectivity index (χ2n) is 2.23. The summed E-state index contributed by atoms with van der Waals surface area (Å²) >= 11 is 0. The van der Waals surface area contributed by atoms with E-state index in [1.807, 2.05) is 0 Å². The van der Waals surface area contributed by atoms with Crippen LogP contribution in [0.2, 0.25) is 0 Å². The fourth-order valence-electron chi connectivity index (χ4n) is 0.585. The van der Waals surface area contributed by atoms with Gasteiger partial charge in [-0.3, -0.25) is 9.59 Å². The Labute approximate surface area is 80.5 Å². The first-order chi connectivity index (χ1) is 6.66. The van der Waals surface area contributed by atoms with Gasteiger partial charge in [-0.1, -0.05) is 0 Å². The molecule has 0 aliphatic rings.